The standard InChI is InChI=1S/C38H41NO8/c1-5-38(4,25-37(2,3)34(42)46-23-21-40)35(43)45-22-20-39-36(44)47-29-16-14-26(15-17-29)33(41)19-18-32-30-12-8-6-10-27(30)24-28-11-7-9-13-31(28)32/h6-19,24,40H,5,20-23,25H2,1-4H3,(H,39,44)/b19-18+. The molecule has 9 nitrogen and oxygen atoms in total. The van der Waals surface area contributed by atoms with Crippen LogP contribution in [-0.2, 0) is 19.1 Å². The van der Waals surface area contributed by atoms with Crippen molar-refractivity contribution in [1.29, 1.82) is 0 Å². The van der Waals surface area contributed by atoms with E-state index in [-0.39, 0.29) is 44.3 Å². The molecule has 0 saturated carbocycles. The lowest BCUT2D eigenvalue weighted by Crippen LogP contribution is -2.39. The fourth-order valence-corrected chi connectivity index (χ4v) is 5.51. The summed E-state index contributed by atoms with van der Waals surface area (Å²) >= 11 is 0. The van der Waals surface area contributed by atoms with Gasteiger partial charge in [-0.15, -0.1) is 0 Å². The molecule has 0 fully saturated rings. The van der Waals surface area contributed by atoms with E-state index in [1.165, 1.54) is 12.1 Å². The highest BCUT2D eigenvalue weighted by atomic mass is 16.6. The summed E-state index contributed by atoms with van der Waals surface area (Å²) in [5.74, 6) is -0.952. The first-order valence-electron chi connectivity index (χ1n) is 15.6. The molecule has 47 heavy (non-hydrogen) atoms. The van der Waals surface area contributed by atoms with Crippen LogP contribution >= 0.6 is 0 Å². The lowest BCUT2D eigenvalue weighted by Gasteiger charge is -2.33. The molecule has 0 saturated heterocycles. The number of aliphatic hydroxyl groups is 1. The Morgan fingerprint density at radius 3 is 2.00 bits per heavy atom. The molecule has 0 aliphatic carbocycles. The van der Waals surface area contributed by atoms with Crippen LogP contribution in [0.2, 0.25) is 0 Å². The maximum Gasteiger partial charge on any atom is 0.412 e. The van der Waals surface area contributed by atoms with Crippen molar-refractivity contribution in [2.24, 2.45) is 10.8 Å². The zero-order chi connectivity index (χ0) is 34.0. The summed E-state index contributed by atoms with van der Waals surface area (Å²) in [6, 6.07) is 24.5. The summed E-state index contributed by atoms with van der Waals surface area (Å²) in [6.07, 6.45) is 3.25. The van der Waals surface area contributed by atoms with Gasteiger partial charge in [-0.05, 0) is 103 Å². The summed E-state index contributed by atoms with van der Waals surface area (Å²) in [5, 5.41) is 15.7. The Morgan fingerprint density at radius 1 is 0.809 bits per heavy atom. The van der Waals surface area contributed by atoms with Crippen LogP contribution < -0.4 is 10.1 Å². The highest BCUT2D eigenvalue weighted by Gasteiger charge is 2.42. The van der Waals surface area contributed by atoms with Gasteiger partial charge in [-0.2, -0.15) is 0 Å². The van der Waals surface area contributed by atoms with Crippen LogP contribution in [-0.4, -0.2) is 55.3 Å². The van der Waals surface area contributed by atoms with Crippen molar-refractivity contribution in [2.45, 2.75) is 40.5 Å². The number of fused-ring (bicyclic) bond motifs is 2. The molecule has 1 amide bonds. The molecule has 246 valence electrons. The Hall–Kier alpha value is -5.02. The molecule has 0 aromatic heterocycles. The van der Waals surface area contributed by atoms with Crippen molar-refractivity contribution in [3.63, 3.8) is 0 Å². The monoisotopic (exact) mass is 639 g/mol. The number of ketones is 1. The highest BCUT2D eigenvalue weighted by molar-refractivity contribution is 6.11. The molecule has 0 bridgehead atoms. The van der Waals surface area contributed by atoms with E-state index in [0.717, 1.165) is 27.1 Å². The number of ether oxygens (including phenoxy) is 3. The van der Waals surface area contributed by atoms with Crippen LogP contribution in [0.3, 0.4) is 0 Å². The van der Waals surface area contributed by atoms with Crippen LogP contribution in [0.1, 0.15) is 56.5 Å². The molecule has 0 heterocycles. The van der Waals surface area contributed by atoms with Gasteiger partial charge in [0.05, 0.1) is 24.0 Å². The minimum absolute atomic E-state index is 0.0104. The summed E-state index contributed by atoms with van der Waals surface area (Å²) in [5.41, 5.74) is -0.520. The average molecular weight is 640 g/mol. The van der Waals surface area contributed by atoms with Crippen LogP contribution in [0.15, 0.2) is 84.9 Å². The Balaban J connectivity index is 1.28. The van der Waals surface area contributed by atoms with Gasteiger partial charge in [0.2, 0.25) is 0 Å². The molecule has 4 rings (SSSR count). The number of carbonyl (C=O) groups excluding carboxylic acids is 4. The van der Waals surface area contributed by atoms with Gasteiger partial charge in [-0.1, -0.05) is 55.5 Å². The number of hydrogen-bond acceptors (Lipinski definition) is 8. The number of hydrogen-bond donors (Lipinski definition) is 2. The number of allylic oxidation sites excluding steroid dienone is 1. The second-order valence-corrected chi connectivity index (χ2v) is 12.2. The number of carbonyl (C=O) groups is 4. The lowest BCUT2D eigenvalue weighted by molar-refractivity contribution is -0.163. The van der Waals surface area contributed by atoms with Gasteiger partial charge >= 0.3 is 18.0 Å². The third kappa shape index (κ3) is 8.83. The number of nitrogens with one attached hydrogen (secondary N) is 1. The Bertz CT molecular complexity index is 1720. The maximum atomic E-state index is 13.0. The number of amides is 1. The van der Waals surface area contributed by atoms with E-state index < -0.39 is 28.9 Å². The molecular weight excluding hydrogens is 598 g/mol. The average Bonchev–Trinajstić information content (AvgIpc) is 3.07. The van der Waals surface area contributed by atoms with Gasteiger partial charge in [0.25, 0.3) is 0 Å². The minimum Gasteiger partial charge on any atom is -0.463 e. The van der Waals surface area contributed by atoms with E-state index in [2.05, 4.69) is 23.5 Å². The van der Waals surface area contributed by atoms with Gasteiger partial charge in [-0.25, -0.2) is 4.79 Å². The van der Waals surface area contributed by atoms with E-state index in [1.807, 2.05) is 49.4 Å². The van der Waals surface area contributed by atoms with E-state index in [1.54, 1.807) is 39.0 Å². The number of rotatable bonds is 14. The van der Waals surface area contributed by atoms with E-state index in [9.17, 15) is 19.2 Å². The smallest absolute Gasteiger partial charge is 0.412 e. The molecule has 9 heteroatoms. The third-order valence-corrected chi connectivity index (χ3v) is 8.15. The molecule has 1 unspecified atom stereocenters. The van der Waals surface area contributed by atoms with Gasteiger partial charge in [-0.3, -0.25) is 14.4 Å². The quantitative estimate of drug-likeness (QED) is 0.0502. The highest BCUT2D eigenvalue weighted by Crippen LogP contribution is 2.38. The lowest BCUT2D eigenvalue weighted by atomic mass is 9.72. The molecule has 0 aliphatic rings. The fourth-order valence-electron chi connectivity index (χ4n) is 5.51. The van der Waals surface area contributed by atoms with Crippen molar-refractivity contribution >= 4 is 51.4 Å². The molecule has 0 radical (unpaired) electrons. The predicted molar refractivity (Wildman–Crippen MR) is 181 cm³/mol. The molecule has 4 aromatic carbocycles. The summed E-state index contributed by atoms with van der Waals surface area (Å²) in [6.45, 7) is 6.43. The van der Waals surface area contributed by atoms with Crippen molar-refractivity contribution in [1.82, 2.24) is 5.32 Å². The number of esters is 2. The van der Waals surface area contributed by atoms with Crippen molar-refractivity contribution in [2.75, 3.05) is 26.4 Å². The number of aliphatic hydroxyl groups excluding tert-OH is 1. The Morgan fingerprint density at radius 2 is 1.40 bits per heavy atom. The van der Waals surface area contributed by atoms with Crippen molar-refractivity contribution < 1.29 is 38.5 Å². The van der Waals surface area contributed by atoms with E-state index in [0.29, 0.717) is 12.0 Å². The zero-order valence-corrected chi connectivity index (χ0v) is 27.2. The Kier molecular flexibility index (Phi) is 11.5. The Labute approximate surface area is 274 Å². The molecule has 0 aliphatic heterocycles. The summed E-state index contributed by atoms with van der Waals surface area (Å²) in [7, 11) is 0. The SMILES string of the molecule is CCC(C)(CC(C)(C)C(=O)OCCO)C(=O)OCCNC(=O)Oc1ccc(C(=O)/C=C/c2c3ccccc3cc3ccccc23)cc1. The van der Waals surface area contributed by atoms with Crippen molar-refractivity contribution in [3.05, 3.63) is 96.1 Å². The molecule has 0 spiro atoms. The van der Waals surface area contributed by atoms with Crippen LogP contribution in [0.4, 0.5) is 4.79 Å². The summed E-state index contributed by atoms with van der Waals surface area (Å²) < 4.78 is 15.8. The molecular formula is C38H41NO8. The third-order valence-electron chi connectivity index (χ3n) is 8.15. The zero-order valence-electron chi connectivity index (χ0n) is 27.2. The first kappa shape index (κ1) is 34.8. The second-order valence-electron chi connectivity index (χ2n) is 12.2. The van der Waals surface area contributed by atoms with Crippen LogP contribution in [0, 0.1) is 10.8 Å². The van der Waals surface area contributed by atoms with Gasteiger partial charge in [0.1, 0.15) is 19.0 Å². The predicted octanol–water partition coefficient (Wildman–Crippen LogP) is 6.89. The molecule has 1 atom stereocenters. The largest absolute Gasteiger partial charge is 0.463 e. The van der Waals surface area contributed by atoms with Gasteiger partial charge in [0, 0.05) is 5.56 Å². The minimum atomic E-state index is -0.969. The maximum absolute atomic E-state index is 13.0. The van der Waals surface area contributed by atoms with Crippen LogP contribution in [0.25, 0.3) is 27.6 Å². The number of benzene rings is 4. The second kappa shape index (κ2) is 15.5. The summed E-state index contributed by atoms with van der Waals surface area (Å²) in [4.78, 5) is 50.6. The topological polar surface area (TPSA) is 128 Å². The molecule has 2 N–H and O–H groups in total. The fraction of sp³-hybridized carbons (Fsp3) is 0.316. The first-order chi connectivity index (χ1) is 22.5. The normalized spacial score (nSPS) is 12.9. The van der Waals surface area contributed by atoms with Gasteiger partial charge < -0.3 is 24.6 Å². The van der Waals surface area contributed by atoms with E-state index in [4.69, 9.17) is 19.3 Å². The van der Waals surface area contributed by atoms with Gasteiger partial charge in [0.15, 0.2) is 5.78 Å². The van der Waals surface area contributed by atoms with E-state index >= 15 is 0 Å². The first-order valence-corrected chi connectivity index (χ1v) is 15.6. The van der Waals surface area contributed by atoms with Crippen molar-refractivity contribution in [3.8, 4) is 5.75 Å². The molecule has 4 aromatic rings. The van der Waals surface area contributed by atoms with Crippen LogP contribution in [0.5, 0.6) is 5.75 Å².